The van der Waals surface area contributed by atoms with E-state index in [1.165, 1.54) is 31.6 Å². The fourth-order valence-corrected chi connectivity index (χ4v) is 2.34. The summed E-state index contributed by atoms with van der Waals surface area (Å²) in [5.74, 6) is -0.172. The van der Waals surface area contributed by atoms with Gasteiger partial charge in [-0.1, -0.05) is 11.6 Å². The number of hydrogen-bond acceptors (Lipinski definition) is 7. The van der Waals surface area contributed by atoms with Crippen LogP contribution in [0.25, 0.3) is 0 Å². The van der Waals surface area contributed by atoms with Gasteiger partial charge in [0.05, 0.1) is 17.7 Å². The van der Waals surface area contributed by atoms with Crippen LogP contribution in [0.5, 0.6) is 11.6 Å². The molecule has 0 saturated carbocycles. The summed E-state index contributed by atoms with van der Waals surface area (Å²) in [5.41, 5.74) is 7.09. The lowest BCUT2D eigenvalue weighted by molar-refractivity contribution is 0.0600. The van der Waals surface area contributed by atoms with Gasteiger partial charge in [-0.25, -0.2) is 14.2 Å². The minimum atomic E-state index is -0.530. The second-order valence-electron chi connectivity index (χ2n) is 5.31. The van der Waals surface area contributed by atoms with Crippen molar-refractivity contribution in [2.45, 2.75) is 0 Å². The number of hydrogen-bond donors (Lipinski definition) is 2. The average molecular weight is 389 g/mol. The van der Waals surface area contributed by atoms with E-state index in [1.807, 2.05) is 0 Å². The van der Waals surface area contributed by atoms with Crippen molar-refractivity contribution in [2.24, 2.45) is 0 Å². The molecule has 0 unspecified atom stereocenters. The Hall–Kier alpha value is -3.39. The number of halogens is 2. The molecule has 1 aromatic heterocycles. The molecule has 2 aromatic carbocycles. The van der Waals surface area contributed by atoms with E-state index in [-0.39, 0.29) is 22.4 Å². The van der Waals surface area contributed by atoms with Gasteiger partial charge in [-0.05, 0) is 42.5 Å². The standard InChI is InChI=1S/C18H14ClFN4O3/c1-26-18(25)10-2-5-12(6-3-10)27-17-15(21)16(22-9-23-17)24-11-4-7-14(20)13(19)8-11/h2-9H,21H2,1H3,(H,22,23,24). The third-order valence-electron chi connectivity index (χ3n) is 3.52. The molecule has 0 aliphatic rings. The van der Waals surface area contributed by atoms with E-state index in [9.17, 15) is 9.18 Å². The lowest BCUT2D eigenvalue weighted by Gasteiger charge is -2.12. The van der Waals surface area contributed by atoms with E-state index in [0.717, 1.165) is 0 Å². The molecule has 0 spiro atoms. The highest BCUT2D eigenvalue weighted by atomic mass is 35.5. The van der Waals surface area contributed by atoms with E-state index < -0.39 is 11.8 Å². The summed E-state index contributed by atoms with van der Waals surface area (Å²) >= 11 is 5.77. The van der Waals surface area contributed by atoms with Gasteiger partial charge in [0.15, 0.2) is 5.82 Å². The zero-order valence-electron chi connectivity index (χ0n) is 14.1. The topological polar surface area (TPSA) is 99.4 Å². The van der Waals surface area contributed by atoms with Crippen molar-refractivity contribution < 1.29 is 18.7 Å². The first-order chi connectivity index (χ1) is 13.0. The third-order valence-corrected chi connectivity index (χ3v) is 3.81. The van der Waals surface area contributed by atoms with Crippen LogP contribution in [0, 0.1) is 5.82 Å². The van der Waals surface area contributed by atoms with Crippen molar-refractivity contribution in [3.8, 4) is 11.6 Å². The molecule has 0 bridgehead atoms. The number of nitrogens with two attached hydrogens (primary N) is 1. The van der Waals surface area contributed by atoms with Crippen molar-refractivity contribution in [3.05, 3.63) is 65.2 Å². The van der Waals surface area contributed by atoms with Gasteiger partial charge in [0.2, 0.25) is 5.88 Å². The molecule has 138 valence electrons. The number of nitrogen functional groups attached to an aromatic ring is 1. The first-order valence-electron chi connectivity index (χ1n) is 7.66. The largest absolute Gasteiger partial charge is 0.465 e. The van der Waals surface area contributed by atoms with Gasteiger partial charge in [-0.15, -0.1) is 0 Å². The molecular weight excluding hydrogens is 375 g/mol. The monoisotopic (exact) mass is 388 g/mol. The van der Waals surface area contributed by atoms with Gasteiger partial charge < -0.3 is 20.5 Å². The predicted molar refractivity (Wildman–Crippen MR) is 99.0 cm³/mol. The second-order valence-corrected chi connectivity index (χ2v) is 5.72. The molecule has 0 saturated heterocycles. The Morgan fingerprint density at radius 2 is 1.93 bits per heavy atom. The molecule has 0 atom stereocenters. The molecular formula is C18H14ClFN4O3. The summed E-state index contributed by atoms with van der Waals surface area (Å²) in [6.45, 7) is 0. The molecule has 27 heavy (non-hydrogen) atoms. The number of nitrogens with one attached hydrogen (secondary N) is 1. The molecule has 0 fully saturated rings. The number of benzene rings is 2. The van der Waals surface area contributed by atoms with Crippen molar-refractivity contribution in [1.29, 1.82) is 0 Å². The molecule has 1 heterocycles. The van der Waals surface area contributed by atoms with Crippen LogP contribution in [0.4, 0.5) is 21.6 Å². The number of anilines is 3. The van der Waals surface area contributed by atoms with Crippen LogP contribution in [-0.2, 0) is 4.74 Å². The quantitative estimate of drug-likeness (QED) is 0.632. The van der Waals surface area contributed by atoms with E-state index in [4.69, 9.17) is 22.1 Å². The zero-order chi connectivity index (χ0) is 19.4. The van der Waals surface area contributed by atoms with Crippen molar-refractivity contribution in [1.82, 2.24) is 9.97 Å². The summed E-state index contributed by atoms with van der Waals surface area (Å²) in [6.07, 6.45) is 1.27. The summed E-state index contributed by atoms with van der Waals surface area (Å²) in [6, 6.07) is 10.4. The van der Waals surface area contributed by atoms with Gasteiger partial charge in [0, 0.05) is 5.69 Å². The van der Waals surface area contributed by atoms with Crippen molar-refractivity contribution in [3.63, 3.8) is 0 Å². The van der Waals surface area contributed by atoms with Gasteiger partial charge in [-0.3, -0.25) is 0 Å². The summed E-state index contributed by atoms with van der Waals surface area (Å²) < 4.78 is 23.5. The smallest absolute Gasteiger partial charge is 0.337 e. The molecule has 3 aromatic rings. The number of ether oxygens (including phenoxy) is 2. The van der Waals surface area contributed by atoms with Crippen LogP contribution in [0.15, 0.2) is 48.8 Å². The van der Waals surface area contributed by atoms with Gasteiger partial charge >= 0.3 is 5.97 Å². The van der Waals surface area contributed by atoms with Gasteiger partial charge in [0.25, 0.3) is 0 Å². The van der Waals surface area contributed by atoms with E-state index in [2.05, 4.69) is 20.0 Å². The Morgan fingerprint density at radius 3 is 2.59 bits per heavy atom. The number of rotatable bonds is 5. The number of nitrogens with zero attached hydrogens (tertiary/aromatic N) is 2. The van der Waals surface area contributed by atoms with Crippen LogP contribution < -0.4 is 15.8 Å². The van der Waals surface area contributed by atoms with Crippen LogP contribution >= 0.6 is 11.6 Å². The van der Waals surface area contributed by atoms with E-state index in [0.29, 0.717) is 17.0 Å². The molecule has 0 amide bonds. The highest BCUT2D eigenvalue weighted by molar-refractivity contribution is 6.31. The Morgan fingerprint density at radius 1 is 1.19 bits per heavy atom. The third kappa shape index (κ3) is 4.24. The maximum atomic E-state index is 13.3. The van der Waals surface area contributed by atoms with Crippen LogP contribution in [0.3, 0.4) is 0 Å². The number of aromatic nitrogens is 2. The number of carbonyl (C=O) groups is 1. The second kappa shape index (κ2) is 7.88. The molecule has 7 nitrogen and oxygen atoms in total. The highest BCUT2D eigenvalue weighted by Gasteiger charge is 2.12. The highest BCUT2D eigenvalue weighted by Crippen LogP contribution is 2.31. The molecule has 9 heteroatoms. The number of esters is 1. The first kappa shape index (κ1) is 18.4. The molecule has 3 N–H and O–H groups in total. The Bertz CT molecular complexity index is 983. The van der Waals surface area contributed by atoms with E-state index >= 15 is 0 Å². The Labute approximate surface area is 158 Å². The SMILES string of the molecule is COC(=O)c1ccc(Oc2ncnc(Nc3ccc(F)c(Cl)c3)c2N)cc1. The lowest BCUT2D eigenvalue weighted by atomic mass is 10.2. The minimum Gasteiger partial charge on any atom is -0.465 e. The lowest BCUT2D eigenvalue weighted by Crippen LogP contribution is -2.03. The van der Waals surface area contributed by atoms with Crippen LogP contribution in [-0.4, -0.2) is 23.0 Å². The summed E-state index contributed by atoms with van der Waals surface area (Å²) in [7, 11) is 1.30. The van der Waals surface area contributed by atoms with Gasteiger partial charge in [0.1, 0.15) is 23.6 Å². The van der Waals surface area contributed by atoms with E-state index in [1.54, 1.807) is 24.3 Å². The average Bonchev–Trinajstić information content (AvgIpc) is 2.68. The predicted octanol–water partition coefficient (Wildman–Crippen LogP) is 4.17. The summed E-state index contributed by atoms with van der Waals surface area (Å²) in [4.78, 5) is 19.5. The normalized spacial score (nSPS) is 10.3. The Balaban J connectivity index is 1.80. The van der Waals surface area contributed by atoms with Crippen LogP contribution in [0.2, 0.25) is 5.02 Å². The molecule has 3 rings (SSSR count). The summed E-state index contributed by atoms with van der Waals surface area (Å²) in [5, 5.41) is 2.90. The fraction of sp³-hybridized carbons (Fsp3) is 0.0556. The van der Waals surface area contributed by atoms with Crippen molar-refractivity contribution >= 4 is 34.8 Å². The first-order valence-corrected chi connectivity index (χ1v) is 8.04. The maximum Gasteiger partial charge on any atom is 0.337 e. The molecule has 0 radical (unpaired) electrons. The maximum absolute atomic E-state index is 13.3. The van der Waals surface area contributed by atoms with Crippen molar-refractivity contribution in [2.75, 3.05) is 18.2 Å². The number of methoxy groups -OCH3 is 1. The fourth-order valence-electron chi connectivity index (χ4n) is 2.16. The molecule has 0 aliphatic heterocycles. The van der Waals surface area contributed by atoms with Crippen LogP contribution in [0.1, 0.15) is 10.4 Å². The van der Waals surface area contributed by atoms with Gasteiger partial charge in [-0.2, -0.15) is 4.98 Å². The minimum absolute atomic E-state index is 0.0326. The zero-order valence-corrected chi connectivity index (χ0v) is 14.8. The molecule has 0 aliphatic carbocycles. The number of carbonyl (C=O) groups excluding carboxylic acids is 1. The Kier molecular flexibility index (Phi) is 5.37.